The zero-order valence-electron chi connectivity index (χ0n) is 12.4. The maximum atomic E-state index is 12.1. The van der Waals surface area contributed by atoms with Gasteiger partial charge in [0, 0.05) is 21.7 Å². The molecule has 0 saturated carbocycles. The number of nitrogens with one attached hydrogen (secondary N) is 1. The highest BCUT2D eigenvalue weighted by molar-refractivity contribution is 8.00. The third-order valence-corrected chi connectivity index (χ3v) is 4.42. The van der Waals surface area contributed by atoms with Gasteiger partial charge in [-0.25, -0.2) is 0 Å². The summed E-state index contributed by atoms with van der Waals surface area (Å²) in [5.41, 5.74) is 7.83. The Labute approximate surface area is 139 Å². The highest BCUT2D eigenvalue weighted by Crippen LogP contribution is 2.31. The van der Waals surface area contributed by atoms with Crippen molar-refractivity contribution in [1.82, 2.24) is 0 Å². The quantitative estimate of drug-likeness (QED) is 0.640. The number of thioether (sulfide) groups is 1. The van der Waals surface area contributed by atoms with E-state index >= 15 is 0 Å². The van der Waals surface area contributed by atoms with Crippen LogP contribution in [0.2, 0.25) is 5.02 Å². The zero-order chi connectivity index (χ0) is 16.1. The fourth-order valence-corrected chi connectivity index (χ4v) is 2.68. The van der Waals surface area contributed by atoms with Gasteiger partial charge in [-0.15, -0.1) is 11.8 Å². The van der Waals surface area contributed by atoms with E-state index in [1.165, 1.54) is 11.8 Å². The number of amides is 1. The summed E-state index contributed by atoms with van der Waals surface area (Å²) in [6, 6.07) is 10.9. The van der Waals surface area contributed by atoms with Gasteiger partial charge >= 0.3 is 0 Å². The number of anilines is 2. The largest absolute Gasteiger partial charge is 0.495 e. The number of carbonyl (C=O) groups excluding carboxylic acids is 1. The zero-order valence-corrected chi connectivity index (χ0v) is 13.9. The third-order valence-electron chi connectivity index (χ3n) is 3.00. The van der Waals surface area contributed by atoms with Gasteiger partial charge in [0.05, 0.1) is 18.6 Å². The number of nitrogen functional groups attached to an aromatic ring is 1. The Balaban J connectivity index is 2.00. The summed E-state index contributed by atoms with van der Waals surface area (Å²) < 4.78 is 5.24. The van der Waals surface area contributed by atoms with Crippen LogP contribution in [-0.4, -0.2) is 18.8 Å². The summed E-state index contributed by atoms with van der Waals surface area (Å²) in [5.74, 6) is 0.734. The van der Waals surface area contributed by atoms with E-state index in [0.29, 0.717) is 27.9 Å². The van der Waals surface area contributed by atoms with Gasteiger partial charge in [-0.05, 0) is 42.8 Å². The van der Waals surface area contributed by atoms with E-state index in [2.05, 4.69) is 5.32 Å². The van der Waals surface area contributed by atoms with Crippen LogP contribution in [0.3, 0.4) is 0 Å². The second-order valence-electron chi connectivity index (χ2n) is 4.71. The molecular formula is C16H17ClN2O2S. The molecule has 6 heteroatoms. The van der Waals surface area contributed by atoms with Crippen molar-refractivity contribution in [1.29, 1.82) is 0 Å². The molecule has 0 aliphatic carbocycles. The lowest BCUT2D eigenvalue weighted by Gasteiger charge is -2.12. The molecule has 0 bridgehead atoms. The van der Waals surface area contributed by atoms with Crippen LogP contribution in [0.5, 0.6) is 5.75 Å². The Hall–Kier alpha value is -1.85. The van der Waals surface area contributed by atoms with Gasteiger partial charge in [0.2, 0.25) is 5.91 Å². The predicted octanol–water partition coefficient (Wildman–Crippen LogP) is 3.97. The Bertz CT molecular complexity index is 675. The first kappa shape index (κ1) is 16.5. The van der Waals surface area contributed by atoms with Crippen molar-refractivity contribution in [2.45, 2.75) is 11.8 Å². The third kappa shape index (κ3) is 4.32. The Morgan fingerprint density at radius 2 is 2.00 bits per heavy atom. The average molecular weight is 337 g/mol. The lowest BCUT2D eigenvalue weighted by molar-refractivity contribution is -0.113. The summed E-state index contributed by atoms with van der Waals surface area (Å²) in [7, 11) is 1.54. The normalized spacial score (nSPS) is 10.3. The van der Waals surface area contributed by atoms with E-state index in [9.17, 15) is 4.79 Å². The Kier molecular flexibility index (Phi) is 5.57. The number of nitrogens with two attached hydrogens (primary N) is 1. The maximum Gasteiger partial charge on any atom is 0.234 e. The number of hydrogen-bond donors (Lipinski definition) is 2. The van der Waals surface area contributed by atoms with E-state index in [-0.39, 0.29) is 5.91 Å². The first-order chi connectivity index (χ1) is 10.5. The lowest BCUT2D eigenvalue weighted by Crippen LogP contribution is -2.14. The van der Waals surface area contributed by atoms with Crippen LogP contribution in [0.1, 0.15) is 5.56 Å². The summed E-state index contributed by atoms with van der Waals surface area (Å²) in [4.78, 5) is 13.1. The molecule has 2 aromatic rings. The number of carbonyl (C=O) groups is 1. The molecule has 0 aliphatic rings. The minimum absolute atomic E-state index is 0.109. The van der Waals surface area contributed by atoms with Crippen molar-refractivity contribution < 1.29 is 9.53 Å². The van der Waals surface area contributed by atoms with Crippen LogP contribution in [0.4, 0.5) is 11.4 Å². The maximum absolute atomic E-state index is 12.1. The lowest BCUT2D eigenvalue weighted by atomic mass is 10.2. The van der Waals surface area contributed by atoms with Crippen LogP contribution >= 0.6 is 23.4 Å². The molecule has 1 amide bonds. The molecule has 0 aromatic heterocycles. The number of halogens is 1. The van der Waals surface area contributed by atoms with E-state index < -0.39 is 0 Å². The van der Waals surface area contributed by atoms with Crippen molar-refractivity contribution in [2.75, 3.05) is 23.9 Å². The Morgan fingerprint density at radius 1 is 1.32 bits per heavy atom. The monoisotopic (exact) mass is 336 g/mol. The minimum Gasteiger partial charge on any atom is -0.495 e. The van der Waals surface area contributed by atoms with E-state index in [0.717, 1.165) is 10.5 Å². The fraction of sp³-hybridized carbons (Fsp3) is 0.188. The number of rotatable bonds is 5. The molecule has 0 spiro atoms. The standard InChI is InChI=1S/C16H17ClN2O2S/c1-10-7-14(15(21-2)8-13(10)17)19-16(20)9-22-12-5-3-11(18)4-6-12/h3-8H,9,18H2,1-2H3,(H,19,20). The second-order valence-corrected chi connectivity index (χ2v) is 6.16. The van der Waals surface area contributed by atoms with Crippen LogP contribution < -0.4 is 15.8 Å². The van der Waals surface area contributed by atoms with Gasteiger partial charge < -0.3 is 15.8 Å². The van der Waals surface area contributed by atoms with Gasteiger partial charge in [-0.1, -0.05) is 11.6 Å². The molecule has 0 saturated heterocycles. The molecule has 22 heavy (non-hydrogen) atoms. The molecular weight excluding hydrogens is 320 g/mol. The average Bonchev–Trinajstić information content (AvgIpc) is 2.50. The molecule has 0 fully saturated rings. The molecule has 2 rings (SSSR count). The van der Waals surface area contributed by atoms with Gasteiger partial charge in [-0.2, -0.15) is 0 Å². The molecule has 116 valence electrons. The summed E-state index contributed by atoms with van der Waals surface area (Å²) in [6.45, 7) is 1.88. The van der Waals surface area contributed by atoms with Crippen LogP contribution in [0.15, 0.2) is 41.3 Å². The SMILES string of the molecule is COc1cc(Cl)c(C)cc1NC(=O)CSc1ccc(N)cc1. The number of hydrogen-bond acceptors (Lipinski definition) is 4. The highest BCUT2D eigenvalue weighted by Gasteiger charge is 2.10. The molecule has 0 heterocycles. The number of aryl methyl sites for hydroxylation is 1. The van der Waals surface area contributed by atoms with Gasteiger partial charge in [-0.3, -0.25) is 4.79 Å². The molecule has 0 unspecified atom stereocenters. The summed E-state index contributed by atoms with van der Waals surface area (Å²) in [6.07, 6.45) is 0. The van der Waals surface area contributed by atoms with Crippen LogP contribution in [-0.2, 0) is 4.79 Å². The topological polar surface area (TPSA) is 64.3 Å². The first-order valence-electron chi connectivity index (χ1n) is 6.62. The van der Waals surface area contributed by atoms with Gasteiger partial charge in [0.1, 0.15) is 5.75 Å². The van der Waals surface area contributed by atoms with Crippen molar-refractivity contribution in [3.05, 3.63) is 47.0 Å². The van der Waals surface area contributed by atoms with Crippen molar-refractivity contribution in [3.8, 4) is 5.75 Å². The van der Waals surface area contributed by atoms with Crippen molar-refractivity contribution >= 4 is 40.6 Å². The molecule has 0 radical (unpaired) electrons. The highest BCUT2D eigenvalue weighted by atomic mass is 35.5. The van der Waals surface area contributed by atoms with Crippen molar-refractivity contribution in [2.24, 2.45) is 0 Å². The van der Waals surface area contributed by atoms with E-state index in [1.807, 2.05) is 31.2 Å². The van der Waals surface area contributed by atoms with E-state index in [1.54, 1.807) is 19.2 Å². The number of benzene rings is 2. The summed E-state index contributed by atoms with van der Waals surface area (Å²) >= 11 is 7.49. The van der Waals surface area contributed by atoms with Crippen molar-refractivity contribution in [3.63, 3.8) is 0 Å². The predicted molar refractivity (Wildman–Crippen MR) is 92.9 cm³/mol. The minimum atomic E-state index is -0.109. The van der Waals surface area contributed by atoms with Crippen LogP contribution in [0, 0.1) is 6.92 Å². The summed E-state index contributed by atoms with van der Waals surface area (Å²) in [5, 5.41) is 3.45. The molecule has 3 N–H and O–H groups in total. The Morgan fingerprint density at radius 3 is 2.64 bits per heavy atom. The molecule has 4 nitrogen and oxygen atoms in total. The van der Waals surface area contributed by atoms with Gasteiger partial charge in [0.15, 0.2) is 0 Å². The number of ether oxygens (including phenoxy) is 1. The van der Waals surface area contributed by atoms with Crippen LogP contribution in [0.25, 0.3) is 0 Å². The van der Waals surface area contributed by atoms with Gasteiger partial charge in [0.25, 0.3) is 0 Å². The second kappa shape index (κ2) is 7.42. The molecule has 0 aliphatic heterocycles. The first-order valence-corrected chi connectivity index (χ1v) is 7.98. The number of methoxy groups -OCH3 is 1. The fourth-order valence-electron chi connectivity index (χ4n) is 1.83. The molecule has 2 aromatic carbocycles. The smallest absolute Gasteiger partial charge is 0.234 e. The van der Waals surface area contributed by atoms with E-state index in [4.69, 9.17) is 22.1 Å². The molecule has 0 atom stereocenters.